The minimum atomic E-state index is -0.501. The van der Waals surface area contributed by atoms with Crippen LogP contribution in [0.15, 0.2) is 24.3 Å². The van der Waals surface area contributed by atoms with E-state index in [1.807, 2.05) is 12.1 Å². The largest absolute Gasteiger partial charge is 0.445 e. The summed E-state index contributed by atoms with van der Waals surface area (Å²) in [5.41, 5.74) is 1.33. The maximum absolute atomic E-state index is 11.6. The molecule has 0 unspecified atom stereocenters. The third-order valence-electron chi connectivity index (χ3n) is 1.86. The molecule has 0 atom stereocenters. The Balaban J connectivity index is 2.40. The number of fused-ring (bicyclic) bond motifs is 1. The highest BCUT2D eigenvalue weighted by Gasteiger charge is 2.13. The number of carbonyl (C=O) groups excluding carboxylic acids is 1. The maximum Gasteiger partial charge on any atom is 0.436 e. The predicted octanol–water partition coefficient (Wildman–Crippen LogP) is 1.82. The molecule has 2 rings (SSSR count). The number of hydrogen-bond donors (Lipinski definition) is 0. The second-order valence-corrected chi connectivity index (χ2v) is 3.42. The van der Waals surface area contributed by atoms with Crippen LogP contribution in [0.4, 0.5) is 4.79 Å². The molecule has 15 heavy (non-hydrogen) atoms. The lowest BCUT2D eigenvalue weighted by molar-refractivity contribution is 0.114. The summed E-state index contributed by atoms with van der Waals surface area (Å²) in [5.74, 6) is 0. The number of carbonyl (C=O) groups is 1. The summed E-state index contributed by atoms with van der Waals surface area (Å²) < 4.78 is 6.19. The quantitative estimate of drug-likeness (QED) is 0.712. The molecule has 0 aliphatic heterocycles. The van der Waals surface area contributed by atoms with Crippen LogP contribution in [0, 0.1) is 0 Å². The van der Waals surface area contributed by atoms with Crippen molar-refractivity contribution in [3.05, 3.63) is 24.3 Å². The van der Waals surface area contributed by atoms with Gasteiger partial charge in [-0.1, -0.05) is 17.3 Å². The first kappa shape index (κ1) is 9.64. The zero-order valence-corrected chi connectivity index (χ0v) is 8.54. The van der Waals surface area contributed by atoms with E-state index in [2.05, 4.69) is 10.3 Å². The Hall–Kier alpha value is -1.91. The van der Waals surface area contributed by atoms with Gasteiger partial charge in [0.1, 0.15) is 11.0 Å². The van der Waals surface area contributed by atoms with Crippen LogP contribution in [0.3, 0.4) is 0 Å². The zero-order valence-electron chi connectivity index (χ0n) is 8.54. The van der Waals surface area contributed by atoms with E-state index in [1.54, 1.807) is 26.0 Å². The van der Waals surface area contributed by atoms with Crippen molar-refractivity contribution in [2.45, 2.75) is 20.0 Å². The first-order chi connectivity index (χ1) is 7.18. The van der Waals surface area contributed by atoms with Crippen LogP contribution >= 0.6 is 0 Å². The van der Waals surface area contributed by atoms with Crippen molar-refractivity contribution < 1.29 is 9.53 Å². The van der Waals surface area contributed by atoms with E-state index in [0.29, 0.717) is 11.0 Å². The molecule has 0 spiro atoms. The molecule has 0 N–H and O–H groups in total. The number of para-hydroxylation sites is 1. The summed E-state index contributed by atoms with van der Waals surface area (Å²) in [6.07, 6.45) is -0.667. The standard InChI is InChI=1S/C10H11N3O2/c1-7(2)15-10(14)13-9-6-4-3-5-8(9)11-12-13/h3-7H,1-2H3. The lowest BCUT2D eigenvalue weighted by Gasteiger charge is -2.06. The molecule has 78 valence electrons. The number of benzene rings is 1. The van der Waals surface area contributed by atoms with Gasteiger partial charge in [0, 0.05) is 0 Å². The van der Waals surface area contributed by atoms with Crippen molar-refractivity contribution in [2.75, 3.05) is 0 Å². The lowest BCUT2D eigenvalue weighted by Crippen LogP contribution is -2.19. The van der Waals surface area contributed by atoms with Crippen molar-refractivity contribution >= 4 is 17.1 Å². The maximum atomic E-state index is 11.6. The van der Waals surface area contributed by atoms with E-state index < -0.39 is 6.09 Å². The third kappa shape index (κ3) is 1.81. The molecule has 1 aromatic carbocycles. The van der Waals surface area contributed by atoms with Gasteiger partial charge in [0.15, 0.2) is 0 Å². The molecule has 0 saturated carbocycles. The molecular formula is C10H11N3O2. The van der Waals surface area contributed by atoms with Gasteiger partial charge in [-0.05, 0) is 26.0 Å². The molecule has 0 amide bonds. The van der Waals surface area contributed by atoms with Crippen LogP contribution < -0.4 is 0 Å². The van der Waals surface area contributed by atoms with Gasteiger partial charge in [-0.3, -0.25) is 0 Å². The average molecular weight is 205 g/mol. The highest BCUT2D eigenvalue weighted by molar-refractivity contribution is 5.84. The molecule has 0 radical (unpaired) electrons. The molecule has 0 aliphatic rings. The first-order valence-electron chi connectivity index (χ1n) is 4.70. The molecule has 0 bridgehead atoms. The number of rotatable bonds is 1. The second-order valence-electron chi connectivity index (χ2n) is 3.42. The van der Waals surface area contributed by atoms with E-state index in [0.717, 1.165) is 4.68 Å². The summed E-state index contributed by atoms with van der Waals surface area (Å²) in [7, 11) is 0. The average Bonchev–Trinajstić information content (AvgIpc) is 2.59. The predicted molar refractivity (Wildman–Crippen MR) is 54.5 cm³/mol. The molecule has 1 aromatic heterocycles. The smallest absolute Gasteiger partial charge is 0.436 e. The zero-order chi connectivity index (χ0) is 10.8. The van der Waals surface area contributed by atoms with E-state index in [4.69, 9.17) is 4.74 Å². The van der Waals surface area contributed by atoms with Crippen LogP contribution in [0.1, 0.15) is 13.8 Å². The van der Waals surface area contributed by atoms with Crippen molar-refractivity contribution in [3.8, 4) is 0 Å². The minimum absolute atomic E-state index is 0.166. The van der Waals surface area contributed by atoms with Gasteiger partial charge in [0.2, 0.25) is 0 Å². The third-order valence-corrected chi connectivity index (χ3v) is 1.86. The summed E-state index contributed by atoms with van der Waals surface area (Å²) in [6, 6.07) is 7.23. The normalized spacial score (nSPS) is 10.9. The summed E-state index contributed by atoms with van der Waals surface area (Å²) in [6.45, 7) is 3.58. The topological polar surface area (TPSA) is 57.0 Å². The highest BCUT2D eigenvalue weighted by atomic mass is 16.6. The lowest BCUT2D eigenvalue weighted by atomic mass is 10.3. The Labute approximate surface area is 86.6 Å². The number of nitrogens with zero attached hydrogens (tertiary/aromatic N) is 3. The molecule has 5 heteroatoms. The Kier molecular flexibility index (Phi) is 2.37. The summed E-state index contributed by atoms with van der Waals surface area (Å²) >= 11 is 0. The van der Waals surface area contributed by atoms with Gasteiger partial charge < -0.3 is 4.74 Å². The van der Waals surface area contributed by atoms with E-state index >= 15 is 0 Å². The van der Waals surface area contributed by atoms with Gasteiger partial charge in [-0.2, -0.15) is 0 Å². The SMILES string of the molecule is CC(C)OC(=O)n1nnc2ccccc21. The fourth-order valence-corrected chi connectivity index (χ4v) is 1.26. The summed E-state index contributed by atoms with van der Waals surface area (Å²) in [5, 5.41) is 7.60. The number of ether oxygens (including phenoxy) is 1. The number of hydrogen-bond acceptors (Lipinski definition) is 4. The molecule has 0 fully saturated rings. The first-order valence-corrected chi connectivity index (χ1v) is 4.70. The monoisotopic (exact) mass is 205 g/mol. The van der Waals surface area contributed by atoms with Crippen molar-refractivity contribution in [1.29, 1.82) is 0 Å². The number of aromatic nitrogens is 3. The van der Waals surface area contributed by atoms with E-state index in [1.165, 1.54) is 0 Å². The fraction of sp³-hybridized carbons (Fsp3) is 0.300. The fourth-order valence-electron chi connectivity index (χ4n) is 1.26. The van der Waals surface area contributed by atoms with Crippen molar-refractivity contribution in [3.63, 3.8) is 0 Å². The minimum Gasteiger partial charge on any atom is -0.445 e. The van der Waals surface area contributed by atoms with Crippen LogP contribution in [0.2, 0.25) is 0 Å². The van der Waals surface area contributed by atoms with Crippen LogP contribution in [-0.2, 0) is 4.74 Å². The van der Waals surface area contributed by atoms with Gasteiger partial charge in [0.05, 0.1) is 6.10 Å². The van der Waals surface area contributed by atoms with Gasteiger partial charge >= 0.3 is 6.09 Å². The Morgan fingerprint density at radius 2 is 2.13 bits per heavy atom. The Morgan fingerprint density at radius 1 is 1.40 bits per heavy atom. The molecule has 2 aromatic rings. The van der Waals surface area contributed by atoms with Gasteiger partial charge in [0.25, 0.3) is 0 Å². The van der Waals surface area contributed by atoms with Crippen LogP contribution in [0.5, 0.6) is 0 Å². The van der Waals surface area contributed by atoms with Gasteiger partial charge in [-0.25, -0.2) is 4.79 Å². The van der Waals surface area contributed by atoms with Crippen molar-refractivity contribution in [1.82, 2.24) is 15.0 Å². The second kappa shape index (κ2) is 3.68. The van der Waals surface area contributed by atoms with E-state index in [-0.39, 0.29) is 6.10 Å². The Morgan fingerprint density at radius 3 is 2.87 bits per heavy atom. The molecule has 0 aliphatic carbocycles. The highest BCUT2D eigenvalue weighted by Crippen LogP contribution is 2.10. The Bertz CT molecular complexity index is 490. The molecular weight excluding hydrogens is 194 g/mol. The van der Waals surface area contributed by atoms with Gasteiger partial charge in [-0.15, -0.1) is 9.78 Å². The molecule has 0 saturated heterocycles. The molecule has 1 heterocycles. The summed E-state index contributed by atoms with van der Waals surface area (Å²) in [4.78, 5) is 11.6. The van der Waals surface area contributed by atoms with Crippen LogP contribution in [-0.4, -0.2) is 27.2 Å². The van der Waals surface area contributed by atoms with E-state index in [9.17, 15) is 4.79 Å². The van der Waals surface area contributed by atoms with Crippen LogP contribution in [0.25, 0.3) is 11.0 Å². The van der Waals surface area contributed by atoms with Crippen molar-refractivity contribution in [2.24, 2.45) is 0 Å². The molecule has 5 nitrogen and oxygen atoms in total.